The lowest BCUT2D eigenvalue weighted by Crippen LogP contribution is -2.38. The van der Waals surface area contributed by atoms with Crippen LogP contribution in [0.15, 0.2) is 41.1 Å². The van der Waals surface area contributed by atoms with E-state index in [-0.39, 0.29) is 17.9 Å². The summed E-state index contributed by atoms with van der Waals surface area (Å²) in [5.74, 6) is 0.0564. The molecule has 0 saturated carbocycles. The average molecular weight is 338 g/mol. The van der Waals surface area contributed by atoms with Crippen molar-refractivity contribution in [3.05, 3.63) is 53.9 Å². The smallest absolute Gasteiger partial charge is 0.406 e. The molecular weight excluding hydrogens is 325 g/mol. The molecule has 0 unspecified atom stereocenters. The van der Waals surface area contributed by atoms with Gasteiger partial charge >= 0.3 is 6.18 Å². The highest BCUT2D eigenvalue weighted by atomic mass is 19.4. The largest absolute Gasteiger partial charge is 0.467 e. The lowest BCUT2D eigenvalue weighted by atomic mass is 10.2. The zero-order chi connectivity index (χ0) is 17.3. The summed E-state index contributed by atoms with van der Waals surface area (Å²) >= 11 is 0. The molecule has 0 radical (unpaired) electrons. The molecule has 9 heteroatoms. The number of aromatic nitrogens is 3. The summed E-state index contributed by atoms with van der Waals surface area (Å²) in [5.41, 5.74) is 0.624. The van der Waals surface area contributed by atoms with Gasteiger partial charge in [-0.15, -0.1) is 10.2 Å². The number of pyridine rings is 1. The van der Waals surface area contributed by atoms with Crippen LogP contribution in [0.1, 0.15) is 21.9 Å². The first-order chi connectivity index (χ1) is 11.3. The first kappa shape index (κ1) is 16.0. The molecule has 3 rings (SSSR count). The van der Waals surface area contributed by atoms with Crippen LogP contribution in [0.3, 0.4) is 0 Å². The minimum atomic E-state index is -4.52. The molecule has 0 fully saturated rings. The van der Waals surface area contributed by atoms with Crippen LogP contribution in [0.25, 0.3) is 5.65 Å². The average Bonchev–Trinajstić information content (AvgIpc) is 3.15. The molecular formula is C15H13F3N4O2. The summed E-state index contributed by atoms with van der Waals surface area (Å²) in [6.07, 6.45) is -1.74. The van der Waals surface area contributed by atoms with Crippen molar-refractivity contribution >= 4 is 11.6 Å². The van der Waals surface area contributed by atoms with Crippen molar-refractivity contribution in [3.63, 3.8) is 0 Å². The monoisotopic (exact) mass is 338 g/mol. The van der Waals surface area contributed by atoms with Crippen molar-refractivity contribution < 1.29 is 22.4 Å². The summed E-state index contributed by atoms with van der Waals surface area (Å²) in [4.78, 5) is 13.2. The Bertz CT molecular complexity index is 855. The molecule has 0 aliphatic rings. The van der Waals surface area contributed by atoms with Gasteiger partial charge in [-0.1, -0.05) is 0 Å². The Balaban J connectivity index is 1.92. The Hall–Kier alpha value is -2.84. The Morgan fingerprint density at radius 2 is 2.08 bits per heavy atom. The molecule has 3 heterocycles. The highest BCUT2D eigenvalue weighted by Crippen LogP contribution is 2.20. The Kier molecular flexibility index (Phi) is 4.00. The Labute approximate surface area is 134 Å². The van der Waals surface area contributed by atoms with Gasteiger partial charge in [0.25, 0.3) is 5.91 Å². The second-order valence-electron chi connectivity index (χ2n) is 5.25. The molecule has 24 heavy (non-hydrogen) atoms. The zero-order valence-electron chi connectivity index (χ0n) is 12.6. The van der Waals surface area contributed by atoms with E-state index in [0.717, 1.165) is 0 Å². The maximum absolute atomic E-state index is 12.8. The van der Waals surface area contributed by atoms with E-state index >= 15 is 0 Å². The second-order valence-corrected chi connectivity index (χ2v) is 5.25. The standard InChI is InChI=1S/C15H13F3N4O2/c1-10-19-20-13-5-4-11(7-22(10)13)14(23)21(9-15(16,17)18)8-12-3-2-6-24-12/h2-7H,8-9H2,1H3. The molecule has 0 N–H and O–H groups in total. The number of nitrogens with zero attached hydrogens (tertiary/aromatic N) is 4. The molecule has 3 aromatic rings. The second kappa shape index (κ2) is 5.99. The van der Waals surface area contributed by atoms with Gasteiger partial charge in [-0.05, 0) is 31.2 Å². The number of fused-ring (bicyclic) bond motifs is 1. The van der Waals surface area contributed by atoms with Crippen LogP contribution in [-0.4, -0.2) is 38.1 Å². The number of amides is 1. The fourth-order valence-corrected chi connectivity index (χ4v) is 2.32. The van der Waals surface area contributed by atoms with Crippen LogP contribution < -0.4 is 0 Å². The third kappa shape index (κ3) is 3.39. The van der Waals surface area contributed by atoms with Gasteiger partial charge in [-0.2, -0.15) is 13.2 Å². The van der Waals surface area contributed by atoms with Crippen molar-refractivity contribution in [3.8, 4) is 0 Å². The number of hydrogen-bond acceptors (Lipinski definition) is 4. The number of alkyl halides is 3. The van der Waals surface area contributed by atoms with Gasteiger partial charge in [0.05, 0.1) is 18.4 Å². The van der Waals surface area contributed by atoms with Crippen molar-refractivity contribution in [2.24, 2.45) is 0 Å². The minimum Gasteiger partial charge on any atom is -0.467 e. The molecule has 0 saturated heterocycles. The predicted octanol–water partition coefficient (Wildman–Crippen LogP) is 2.84. The number of halogens is 3. The van der Waals surface area contributed by atoms with E-state index in [1.807, 2.05) is 0 Å². The number of furan rings is 1. The highest BCUT2D eigenvalue weighted by molar-refractivity contribution is 5.94. The molecule has 0 bridgehead atoms. The SMILES string of the molecule is Cc1nnc2ccc(C(=O)N(Cc3ccco3)CC(F)(F)F)cn12. The topological polar surface area (TPSA) is 63.6 Å². The summed E-state index contributed by atoms with van der Waals surface area (Å²) in [6.45, 7) is 0.0425. The quantitative estimate of drug-likeness (QED) is 0.734. The first-order valence-electron chi connectivity index (χ1n) is 7.03. The van der Waals surface area contributed by atoms with Crippen LogP contribution in [0.4, 0.5) is 13.2 Å². The lowest BCUT2D eigenvalue weighted by molar-refractivity contribution is -0.142. The summed E-state index contributed by atoms with van der Waals surface area (Å²) in [5, 5.41) is 7.73. The molecule has 1 amide bonds. The van der Waals surface area contributed by atoms with Gasteiger partial charge in [0.15, 0.2) is 5.65 Å². The van der Waals surface area contributed by atoms with Crippen molar-refractivity contribution in [1.29, 1.82) is 0 Å². The van der Waals surface area contributed by atoms with E-state index in [9.17, 15) is 18.0 Å². The molecule has 0 aromatic carbocycles. The highest BCUT2D eigenvalue weighted by Gasteiger charge is 2.34. The maximum Gasteiger partial charge on any atom is 0.406 e. The van der Waals surface area contributed by atoms with Gasteiger partial charge in [0.2, 0.25) is 0 Å². The molecule has 0 aliphatic heterocycles. The molecule has 0 spiro atoms. The minimum absolute atomic E-state index is 0.112. The number of carbonyl (C=O) groups excluding carboxylic acids is 1. The van der Waals surface area contributed by atoms with E-state index in [2.05, 4.69) is 10.2 Å². The number of aryl methyl sites for hydroxylation is 1. The van der Waals surface area contributed by atoms with Gasteiger partial charge in [-0.25, -0.2) is 0 Å². The molecule has 126 valence electrons. The molecule has 0 aliphatic carbocycles. The summed E-state index contributed by atoms with van der Waals surface area (Å²) < 4.78 is 45.1. The van der Waals surface area contributed by atoms with Gasteiger partial charge in [0, 0.05) is 6.20 Å². The van der Waals surface area contributed by atoms with Crippen molar-refractivity contribution in [1.82, 2.24) is 19.5 Å². The van der Waals surface area contributed by atoms with Gasteiger partial charge in [0.1, 0.15) is 18.1 Å². The number of rotatable bonds is 4. The molecule has 6 nitrogen and oxygen atoms in total. The summed E-state index contributed by atoms with van der Waals surface area (Å²) in [7, 11) is 0. The van der Waals surface area contributed by atoms with Gasteiger partial charge in [-0.3, -0.25) is 9.20 Å². The van der Waals surface area contributed by atoms with Crippen molar-refractivity contribution in [2.75, 3.05) is 6.54 Å². The van der Waals surface area contributed by atoms with Crippen molar-refractivity contribution in [2.45, 2.75) is 19.6 Å². The zero-order valence-corrected chi connectivity index (χ0v) is 12.6. The van der Waals surface area contributed by atoms with Gasteiger partial charge < -0.3 is 9.32 Å². The Morgan fingerprint density at radius 3 is 2.75 bits per heavy atom. The van der Waals surface area contributed by atoms with Crippen LogP contribution >= 0.6 is 0 Å². The maximum atomic E-state index is 12.8. The van der Waals surface area contributed by atoms with E-state index < -0.39 is 18.6 Å². The number of carbonyl (C=O) groups is 1. The third-order valence-electron chi connectivity index (χ3n) is 3.40. The molecule has 0 atom stereocenters. The fourth-order valence-electron chi connectivity index (χ4n) is 2.32. The van der Waals surface area contributed by atoms with E-state index in [0.29, 0.717) is 16.4 Å². The molecule has 3 aromatic heterocycles. The fraction of sp³-hybridized carbons (Fsp3) is 0.267. The number of hydrogen-bond donors (Lipinski definition) is 0. The first-order valence-corrected chi connectivity index (χ1v) is 7.03. The Morgan fingerprint density at radius 1 is 1.29 bits per heavy atom. The van der Waals surface area contributed by atoms with E-state index in [1.54, 1.807) is 17.4 Å². The van der Waals surface area contributed by atoms with Crippen LogP contribution in [0, 0.1) is 6.92 Å². The predicted molar refractivity (Wildman–Crippen MR) is 77.2 cm³/mol. The van der Waals surface area contributed by atoms with E-state index in [1.165, 1.54) is 30.7 Å². The van der Waals surface area contributed by atoms with Crippen LogP contribution in [0.5, 0.6) is 0 Å². The third-order valence-corrected chi connectivity index (χ3v) is 3.40. The van der Waals surface area contributed by atoms with E-state index in [4.69, 9.17) is 4.42 Å². The summed E-state index contributed by atoms with van der Waals surface area (Å²) in [6, 6.07) is 6.03. The lowest BCUT2D eigenvalue weighted by Gasteiger charge is -2.23. The normalized spacial score (nSPS) is 11.8. The van der Waals surface area contributed by atoms with Crippen LogP contribution in [0.2, 0.25) is 0 Å². The van der Waals surface area contributed by atoms with Crippen LogP contribution in [-0.2, 0) is 6.54 Å².